The van der Waals surface area contributed by atoms with Crippen molar-refractivity contribution in [3.05, 3.63) is 58.1 Å². The molecular weight excluding hydrogens is 204 g/mol. The van der Waals surface area contributed by atoms with Gasteiger partial charge in [0, 0.05) is 0 Å². The third kappa shape index (κ3) is 1.88. The predicted molar refractivity (Wildman–Crippen MR) is 74.4 cm³/mol. The van der Waals surface area contributed by atoms with Crippen LogP contribution in [-0.4, -0.2) is 0 Å². The fraction of sp³-hybridized carbons (Fsp3) is 0.294. The zero-order valence-electron chi connectivity index (χ0n) is 11.3. The van der Waals surface area contributed by atoms with Crippen LogP contribution in [0.15, 0.2) is 24.3 Å². The molecule has 0 heterocycles. The molecule has 0 nitrogen and oxygen atoms in total. The molecule has 0 amide bonds. The van der Waals surface area contributed by atoms with Crippen LogP contribution >= 0.6 is 0 Å². The van der Waals surface area contributed by atoms with E-state index in [-0.39, 0.29) is 0 Å². The van der Waals surface area contributed by atoms with Crippen LogP contribution in [0.5, 0.6) is 0 Å². The van der Waals surface area contributed by atoms with Gasteiger partial charge >= 0.3 is 0 Å². The third-order valence-electron chi connectivity index (χ3n) is 4.01. The van der Waals surface area contributed by atoms with Crippen molar-refractivity contribution >= 4 is 0 Å². The molecule has 0 aromatic heterocycles. The predicted octanol–water partition coefficient (Wildman–Crippen LogP) is 4.70. The molecule has 1 radical (unpaired) electrons. The normalized spacial score (nSPS) is 10.6. The molecule has 0 aliphatic heterocycles. The van der Waals surface area contributed by atoms with Crippen molar-refractivity contribution in [2.45, 2.75) is 34.6 Å². The van der Waals surface area contributed by atoms with Gasteiger partial charge in [0.25, 0.3) is 0 Å². The van der Waals surface area contributed by atoms with Gasteiger partial charge in [-0.25, -0.2) is 0 Å². The Bertz CT molecular complexity index is 519. The molecule has 0 aliphatic rings. The van der Waals surface area contributed by atoms with E-state index >= 15 is 0 Å². The monoisotopic (exact) mass is 223 g/mol. The van der Waals surface area contributed by atoms with Gasteiger partial charge in [0.15, 0.2) is 0 Å². The number of rotatable bonds is 1. The summed E-state index contributed by atoms with van der Waals surface area (Å²) in [6.45, 7) is 11.1. The molecule has 0 N–H and O–H groups in total. The molecule has 0 bridgehead atoms. The van der Waals surface area contributed by atoms with E-state index in [9.17, 15) is 0 Å². The van der Waals surface area contributed by atoms with Crippen molar-refractivity contribution in [1.29, 1.82) is 0 Å². The zero-order chi connectivity index (χ0) is 12.6. The summed E-state index contributed by atoms with van der Waals surface area (Å²) in [7, 11) is 0. The molecule has 0 saturated heterocycles. The Morgan fingerprint density at radius 3 is 1.53 bits per heavy atom. The molecule has 0 unspecified atom stereocenters. The van der Waals surface area contributed by atoms with E-state index < -0.39 is 0 Å². The highest BCUT2D eigenvalue weighted by molar-refractivity contribution is 5.74. The summed E-state index contributed by atoms with van der Waals surface area (Å²) in [4.78, 5) is 0. The lowest BCUT2D eigenvalue weighted by atomic mass is 9.86. The fourth-order valence-corrected chi connectivity index (χ4v) is 2.49. The van der Waals surface area contributed by atoms with Crippen molar-refractivity contribution in [3.63, 3.8) is 0 Å². The lowest BCUT2D eigenvalue weighted by molar-refractivity contribution is 1.18. The molecule has 0 fully saturated rings. The van der Waals surface area contributed by atoms with E-state index in [4.69, 9.17) is 0 Å². The van der Waals surface area contributed by atoms with Gasteiger partial charge < -0.3 is 0 Å². The summed E-state index contributed by atoms with van der Waals surface area (Å²) in [5.41, 5.74) is 9.73. The van der Waals surface area contributed by atoms with E-state index in [0.29, 0.717) is 0 Å². The maximum atomic E-state index is 3.08. The number of hydrogen-bond donors (Lipinski definition) is 0. The Labute approximate surface area is 104 Å². The molecule has 2 rings (SSSR count). The van der Waals surface area contributed by atoms with E-state index in [1.807, 2.05) is 12.1 Å². The van der Waals surface area contributed by atoms with Crippen molar-refractivity contribution < 1.29 is 0 Å². The van der Waals surface area contributed by atoms with Crippen molar-refractivity contribution in [2.24, 2.45) is 0 Å². The average molecular weight is 223 g/mol. The molecule has 0 heteroatoms. The summed E-state index contributed by atoms with van der Waals surface area (Å²) < 4.78 is 0. The SMILES string of the molecule is Cc1c(C)c(C)c(-c2cc[c]cc2)c(C)c1C. The standard InChI is InChI=1S/C17H19/c1-11-12(2)14(4)17(15(5)13(11)3)16-9-7-6-8-10-16/h7-10H,1-5H3. The first-order valence-electron chi connectivity index (χ1n) is 6.07. The van der Waals surface area contributed by atoms with Crippen LogP contribution in [-0.2, 0) is 0 Å². The minimum atomic E-state index is 1.30. The van der Waals surface area contributed by atoms with Gasteiger partial charge in [-0.1, -0.05) is 24.3 Å². The Morgan fingerprint density at radius 1 is 0.647 bits per heavy atom. The lowest BCUT2D eigenvalue weighted by Gasteiger charge is -2.18. The van der Waals surface area contributed by atoms with Crippen molar-refractivity contribution in [3.8, 4) is 11.1 Å². The molecule has 0 atom stereocenters. The van der Waals surface area contributed by atoms with Crippen molar-refractivity contribution in [1.82, 2.24) is 0 Å². The Kier molecular flexibility index (Phi) is 3.06. The topological polar surface area (TPSA) is 0 Å². The number of benzene rings is 2. The van der Waals surface area contributed by atoms with Gasteiger partial charge in [-0.05, 0) is 79.6 Å². The smallest absolute Gasteiger partial charge is 0.0120 e. The first-order valence-corrected chi connectivity index (χ1v) is 6.07. The van der Waals surface area contributed by atoms with Gasteiger partial charge in [0.05, 0.1) is 0 Å². The second-order valence-corrected chi connectivity index (χ2v) is 4.79. The van der Waals surface area contributed by atoms with Crippen LogP contribution in [0.4, 0.5) is 0 Å². The molecule has 0 aliphatic carbocycles. The highest BCUT2D eigenvalue weighted by Crippen LogP contribution is 2.33. The summed E-state index contributed by atoms with van der Waals surface area (Å²) in [5, 5.41) is 0. The summed E-state index contributed by atoms with van der Waals surface area (Å²) in [5.74, 6) is 0. The Hall–Kier alpha value is -1.56. The summed E-state index contributed by atoms with van der Waals surface area (Å²) >= 11 is 0. The quantitative estimate of drug-likeness (QED) is 0.657. The van der Waals surface area contributed by atoms with Crippen LogP contribution in [0.1, 0.15) is 27.8 Å². The van der Waals surface area contributed by atoms with E-state index in [1.54, 1.807) is 0 Å². The maximum absolute atomic E-state index is 3.08. The van der Waals surface area contributed by atoms with Crippen LogP contribution in [0.25, 0.3) is 11.1 Å². The highest BCUT2D eigenvalue weighted by Gasteiger charge is 2.12. The van der Waals surface area contributed by atoms with E-state index in [2.05, 4.69) is 52.8 Å². The first kappa shape index (κ1) is 11.9. The fourth-order valence-electron chi connectivity index (χ4n) is 2.49. The maximum Gasteiger partial charge on any atom is -0.0120 e. The van der Waals surface area contributed by atoms with Crippen LogP contribution in [0.3, 0.4) is 0 Å². The van der Waals surface area contributed by atoms with Gasteiger partial charge in [0.2, 0.25) is 0 Å². The van der Waals surface area contributed by atoms with Crippen LogP contribution in [0.2, 0.25) is 0 Å². The highest BCUT2D eigenvalue weighted by atomic mass is 14.2. The first-order chi connectivity index (χ1) is 8.04. The average Bonchev–Trinajstić information content (AvgIpc) is 2.36. The van der Waals surface area contributed by atoms with E-state index in [0.717, 1.165) is 0 Å². The summed E-state index contributed by atoms with van der Waals surface area (Å²) in [6, 6.07) is 11.3. The second kappa shape index (κ2) is 4.37. The molecule has 87 valence electrons. The molecule has 2 aromatic rings. The van der Waals surface area contributed by atoms with Crippen molar-refractivity contribution in [2.75, 3.05) is 0 Å². The number of hydrogen-bond acceptors (Lipinski definition) is 0. The third-order valence-corrected chi connectivity index (χ3v) is 4.01. The van der Waals surface area contributed by atoms with Gasteiger partial charge in [0.1, 0.15) is 0 Å². The molecule has 0 saturated carbocycles. The summed E-state index contributed by atoms with van der Waals surface area (Å²) in [6.07, 6.45) is 0. The van der Waals surface area contributed by atoms with Crippen LogP contribution < -0.4 is 0 Å². The Morgan fingerprint density at radius 2 is 1.06 bits per heavy atom. The second-order valence-electron chi connectivity index (χ2n) is 4.79. The van der Waals surface area contributed by atoms with Gasteiger partial charge in [-0.2, -0.15) is 0 Å². The van der Waals surface area contributed by atoms with Gasteiger partial charge in [-0.15, -0.1) is 0 Å². The minimum absolute atomic E-state index is 1.30. The largest absolute Gasteiger partial charge is 0.0538 e. The minimum Gasteiger partial charge on any atom is -0.0538 e. The lowest BCUT2D eigenvalue weighted by Crippen LogP contribution is -1.99. The van der Waals surface area contributed by atoms with Gasteiger partial charge in [-0.3, -0.25) is 0 Å². The van der Waals surface area contributed by atoms with Crippen LogP contribution in [0, 0.1) is 40.7 Å². The molecule has 0 spiro atoms. The zero-order valence-corrected chi connectivity index (χ0v) is 11.3. The molecule has 2 aromatic carbocycles. The molecule has 17 heavy (non-hydrogen) atoms. The Balaban J connectivity index is 2.80. The molecular formula is C17H19. The van der Waals surface area contributed by atoms with E-state index in [1.165, 1.54) is 38.9 Å².